The zero-order valence-corrected chi connectivity index (χ0v) is 12.0. The zero-order valence-electron chi connectivity index (χ0n) is 10.5. The first-order chi connectivity index (χ1) is 9.63. The summed E-state index contributed by atoms with van der Waals surface area (Å²) in [7, 11) is 0. The molecule has 3 rings (SSSR count). The minimum Gasteiger partial charge on any atom is -0.507 e. The molecule has 2 N–H and O–H groups in total. The van der Waals surface area contributed by atoms with Gasteiger partial charge in [0.2, 0.25) is 0 Å². The van der Waals surface area contributed by atoms with Crippen molar-refractivity contribution in [1.29, 1.82) is 0 Å². The summed E-state index contributed by atoms with van der Waals surface area (Å²) in [6.07, 6.45) is 0.690. The number of hydrogen-bond donors (Lipinski definition) is 2. The number of halogens is 2. The number of nitrogens with one attached hydrogen (secondary N) is 1. The highest BCUT2D eigenvalue weighted by molar-refractivity contribution is 6.31. The molecule has 0 aromatic heterocycles. The molecule has 2 aromatic rings. The van der Waals surface area contributed by atoms with Crippen molar-refractivity contribution in [3.05, 3.63) is 63.6 Å². The third-order valence-corrected chi connectivity index (χ3v) is 3.78. The molecule has 0 bridgehead atoms. The lowest BCUT2D eigenvalue weighted by molar-refractivity contribution is 0.474. The molecule has 0 amide bonds. The molecule has 0 saturated carbocycles. The Morgan fingerprint density at radius 1 is 1.05 bits per heavy atom. The molecular weight excluding hydrogens is 295 g/mol. The Labute approximate surface area is 126 Å². The molecule has 0 unspecified atom stereocenters. The van der Waals surface area contributed by atoms with Crippen LogP contribution < -0.4 is 5.43 Å². The molecule has 0 fully saturated rings. The zero-order chi connectivity index (χ0) is 14.1. The van der Waals surface area contributed by atoms with Crippen molar-refractivity contribution < 1.29 is 5.11 Å². The highest BCUT2D eigenvalue weighted by Gasteiger charge is 2.23. The van der Waals surface area contributed by atoms with Gasteiger partial charge in [0.1, 0.15) is 5.75 Å². The van der Waals surface area contributed by atoms with E-state index < -0.39 is 0 Å². The van der Waals surface area contributed by atoms with Gasteiger partial charge in [-0.3, -0.25) is 0 Å². The van der Waals surface area contributed by atoms with E-state index in [1.807, 2.05) is 24.3 Å². The smallest absolute Gasteiger partial charge is 0.124 e. The van der Waals surface area contributed by atoms with E-state index in [9.17, 15) is 5.11 Å². The normalized spacial score (nSPS) is 17.7. The van der Waals surface area contributed by atoms with Crippen molar-refractivity contribution in [3.63, 3.8) is 0 Å². The quantitative estimate of drug-likeness (QED) is 0.876. The van der Waals surface area contributed by atoms with Crippen molar-refractivity contribution in [2.24, 2.45) is 5.10 Å². The molecule has 0 spiro atoms. The fourth-order valence-electron chi connectivity index (χ4n) is 2.24. The number of hydrazone groups is 1. The second-order valence-corrected chi connectivity index (χ2v) is 5.53. The minimum atomic E-state index is 0.0839. The number of benzene rings is 2. The van der Waals surface area contributed by atoms with Crippen LogP contribution in [0.2, 0.25) is 10.0 Å². The number of rotatable bonds is 2. The Morgan fingerprint density at radius 2 is 1.75 bits per heavy atom. The Hall–Kier alpha value is -1.71. The van der Waals surface area contributed by atoms with E-state index in [1.54, 1.807) is 18.2 Å². The van der Waals surface area contributed by atoms with Crippen molar-refractivity contribution >= 4 is 28.9 Å². The summed E-state index contributed by atoms with van der Waals surface area (Å²) in [6.45, 7) is 0. The average Bonchev–Trinajstić information content (AvgIpc) is 2.92. The van der Waals surface area contributed by atoms with Gasteiger partial charge in [-0.25, -0.2) is 0 Å². The Bertz CT molecular complexity index is 668. The lowest BCUT2D eigenvalue weighted by atomic mass is 9.99. The van der Waals surface area contributed by atoms with E-state index in [0.717, 1.165) is 11.3 Å². The van der Waals surface area contributed by atoms with Gasteiger partial charge < -0.3 is 10.5 Å². The van der Waals surface area contributed by atoms with Gasteiger partial charge in [0.15, 0.2) is 0 Å². The summed E-state index contributed by atoms with van der Waals surface area (Å²) < 4.78 is 0. The maximum absolute atomic E-state index is 9.90. The van der Waals surface area contributed by atoms with E-state index >= 15 is 0 Å². The third kappa shape index (κ3) is 2.60. The lowest BCUT2D eigenvalue weighted by Crippen LogP contribution is -2.09. The molecule has 2 aromatic carbocycles. The summed E-state index contributed by atoms with van der Waals surface area (Å²) in [4.78, 5) is 0. The molecule has 0 aliphatic carbocycles. The fourth-order valence-corrected chi connectivity index (χ4v) is 2.54. The van der Waals surface area contributed by atoms with Crippen LogP contribution in [-0.2, 0) is 0 Å². The number of hydrogen-bond acceptors (Lipinski definition) is 3. The molecule has 102 valence electrons. The molecule has 5 heteroatoms. The minimum absolute atomic E-state index is 0.0839. The van der Waals surface area contributed by atoms with E-state index in [2.05, 4.69) is 10.5 Å². The molecule has 1 aliphatic heterocycles. The topological polar surface area (TPSA) is 44.6 Å². The first-order valence-corrected chi connectivity index (χ1v) is 6.95. The summed E-state index contributed by atoms with van der Waals surface area (Å²) in [5.74, 6) is 0.187. The first-order valence-electron chi connectivity index (χ1n) is 6.20. The monoisotopic (exact) mass is 306 g/mol. The third-order valence-electron chi connectivity index (χ3n) is 3.29. The molecular formula is C15H12Cl2N2O. The second kappa shape index (κ2) is 5.35. The van der Waals surface area contributed by atoms with Crippen LogP contribution in [0.15, 0.2) is 47.6 Å². The van der Waals surface area contributed by atoms with Crippen molar-refractivity contribution in [3.8, 4) is 5.75 Å². The molecule has 3 nitrogen and oxygen atoms in total. The van der Waals surface area contributed by atoms with Crippen LogP contribution in [0, 0.1) is 0 Å². The molecule has 20 heavy (non-hydrogen) atoms. The molecule has 1 atom stereocenters. The van der Waals surface area contributed by atoms with E-state index in [0.29, 0.717) is 22.0 Å². The average molecular weight is 307 g/mol. The number of phenols is 1. The van der Waals surface area contributed by atoms with Gasteiger partial charge in [0.05, 0.1) is 11.8 Å². The van der Waals surface area contributed by atoms with E-state index in [1.165, 1.54) is 0 Å². The first kappa shape index (κ1) is 13.3. The van der Waals surface area contributed by atoms with Crippen LogP contribution in [0.3, 0.4) is 0 Å². The van der Waals surface area contributed by atoms with Crippen molar-refractivity contribution in [2.75, 3.05) is 0 Å². The van der Waals surface area contributed by atoms with Gasteiger partial charge >= 0.3 is 0 Å². The van der Waals surface area contributed by atoms with Gasteiger partial charge in [0.25, 0.3) is 0 Å². The standard InChI is InChI=1S/C15H12Cl2N2O/c16-10-3-1-9(2-4-10)13-8-14(19-18-13)12-7-11(17)5-6-15(12)20/h1-7,13,18,20H,8H2/t13-/m1/s1. The van der Waals surface area contributed by atoms with E-state index in [-0.39, 0.29) is 11.8 Å². The van der Waals surface area contributed by atoms with Crippen LogP contribution in [0.4, 0.5) is 0 Å². The van der Waals surface area contributed by atoms with Gasteiger partial charge in [0, 0.05) is 22.0 Å². The predicted molar refractivity (Wildman–Crippen MR) is 81.6 cm³/mol. The number of nitrogens with zero attached hydrogens (tertiary/aromatic N) is 1. The molecule has 1 aliphatic rings. The summed E-state index contributed by atoms with van der Waals surface area (Å²) in [6, 6.07) is 12.7. The van der Waals surface area contributed by atoms with Gasteiger partial charge in [-0.2, -0.15) is 5.10 Å². The highest BCUT2D eigenvalue weighted by Crippen LogP contribution is 2.30. The van der Waals surface area contributed by atoms with Crippen LogP contribution in [-0.4, -0.2) is 10.8 Å². The van der Waals surface area contributed by atoms with Gasteiger partial charge in [-0.05, 0) is 35.9 Å². The Balaban J connectivity index is 1.82. The largest absolute Gasteiger partial charge is 0.507 e. The van der Waals surface area contributed by atoms with Crippen LogP contribution in [0.25, 0.3) is 0 Å². The summed E-state index contributed by atoms with van der Waals surface area (Å²) in [5, 5.41) is 15.5. The SMILES string of the molecule is Oc1ccc(Cl)cc1C1=NN[C@@H](c2ccc(Cl)cc2)C1. The van der Waals surface area contributed by atoms with Crippen molar-refractivity contribution in [2.45, 2.75) is 12.5 Å². The maximum Gasteiger partial charge on any atom is 0.124 e. The van der Waals surface area contributed by atoms with Gasteiger partial charge in [-0.15, -0.1) is 0 Å². The van der Waals surface area contributed by atoms with Gasteiger partial charge in [-0.1, -0.05) is 35.3 Å². The second-order valence-electron chi connectivity index (χ2n) is 4.66. The van der Waals surface area contributed by atoms with Crippen LogP contribution in [0.5, 0.6) is 5.75 Å². The summed E-state index contributed by atoms with van der Waals surface area (Å²) in [5.41, 5.74) is 5.65. The molecule has 0 radical (unpaired) electrons. The predicted octanol–water partition coefficient (Wildman–Crippen LogP) is 4.14. The van der Waals surface area contributed by atoms with Crippen LogP contribution >= 0.6 is 23.2 Å². The number of phenolic OH excluding ortho intramolecular Hbond substituents is 1. The fraction of sp³-hybridized carbons (Fsp3) is 0.133. The summed E-state index contributed by atoms with van der Waals surface area (Å²) >= 11 is 11.8. The maximum atomic E-state index is 9.90. The van der Waals surface area contributed by atoms with Crippen molar-refractivity contribution in [1.82, 2.24) is 5.43 Å². The van der Waals surface area contributed by atoms with Crippen LogP contribution in [0.1, 0.15) is 23.6 Å². The highest BCUT2D eigenvalue weighted by atomic mass is 35.5. The molecule has 1 heterocycles. The lowest BCUT2D eigenvalue weighted by Gasteiger charge is -2.10. The van der Waals surface area contributed by atoms with E-state index in [4.69, 9.17) is 23.2 Å². The Morgan fingerprint density at radius 3 is 2.50 bits per heavy atom. The number of aromatic hydroxyl groups is 1. The Kier molecular flexibility index (Phi) is 3.55. The molecule has 0 saturated heterocycles.